The quantitative estimate of drug-likeness (QED) is 0.889. The van der Waals surface area contributed by atoms with E-state index in [4.69, 9.17) is 0 Å². The van der Waals surface area contributed by atoms with Crippen LogP contribution in [0.5, 0.6) is 0 Å². The second kappa shape index (κ2) is 6.43. The molecule has 25 heavy (non-hydrogen) atoms. The molecule has 1 aromatic carbocycles. The lowest BCUT2D eigenvalue weighted by atomic mass is 9.86. The highest BCUT2D eigenvalue weighted by Crippen LogP contribution is 2.26. The number of fused-ring (bicyclic) bond motifs is 1. The molecule has 0 saturated carbocycles. The minimum atomic E-state index is -1.19. The lowest BCUT2D eigenvalue weighted by Gasteiger charge is -2.21. The number of anilines is 1. The first-order valence-electron chi connectivity index (χ1n) is 7.91. The van der Waals surface area contributed by atoms with Gasteiger partial charge in [0.25, 0.3) is 5.91 Å². The molecule has 128 valence electrons. The predicted octanol–water partition coefficient (Wildman–Crippen LogP) is 2.50. The Morgan fingerprint density at radius 2 is 1.84 bits per heavy atom. The molecule has 1 heterocycles. The maximum atomic E-state index is 12.4. The molecule has 0 fully saturated rings. The van der Waals surface area contributed by atoms with E-state index in [0.717, 1.165) is 0 Å². The number of aryl methyl sites for hydroxylation is 1. The molecule has 0 aliphatic heterocycles. The van der Waals surface area contributed by atoms with E-state index >= 15 is 0 Å². The van der Waals surface area contributed by atoms with Gasteiger partial charge >= 0.3 is 5.97 Å². The minimum absolute atomic E-state index is 0.0142. The highest BCUT2D eigenvalue weighted by molar-refractivity contribution is 6.10. The van der Waals surface area contributed by atoms with Gasteiger partial charge in [-0.1, -0.05) is 19.1 Å². The van der Waals surface area contributed by atoms with Crippen molar-refractivity contribution in [3.8, 4) is 0 Å². The molecule has 7 heteroatoms. The Labute approximate surface area is 144 Å². The van der Waals surface area contributed by atoms with E-state index in [1.165, 1.54) is 12.1 Å². The van der Waals surface area contributed by atoms with E-state index in [1.54, 1.807) is 19.1 Å². The molecule has 0 radical (unpaired) electrons. The standard InChI is InChI=1S/C18H17N3O4/c1-9-7-13-15(14(22)8-9)10(2)19-18(20-13)21-16(23)11-5-3-4-6-12(11)17(24)25/h3-6,9H,7-8H2,1-2H3,(H,24,25)(H,19,20,21,23)/t9-/m1/s1. The van der Waals surface area contributed by atoms with Gasteiger partial charge in [0.05, 0.1) is 28.1 Å². The number of benzene rings is 1. The van der Waals surface area contributed by atoms with E-state index in [9.17, 15) is 19.5 Å². The van der Waals surface area contributed by atoms with Gasteiger partial charge in [-0.05, 0) is 31.4 Å². The van der Waals surface area contributed by atoms with Crippen LogP contribution in [0.15, 0.2) is 24.3 Å². The zero-order chi connectivity index (χ0) is 18.1. The molecular weight excluding hydrogens is 322 g/mol. The van der Waals surface area contributed by atoms with Crippen molar-refractivity contribution in [1.29, 1.82) is 0 Å². The number of carboxylic acid groups (broad SMARTS) is 1. The number of aromatic nitrogens is 2. The van der Waals surface area contributed by atoms with Crippen LogP contribution >= 0.6 is 0 Å². The summed E-state index contributed by atoms with van der Waals surface area (Å²) in [6, 6.07) is 5.92. The van der Waals surface area contributed by atoms with E-state index in [-0.39, 0.29) is 28.8 Å². The Morgan fingerprint density at radius 3 is 2.52 bits per heavy atom. The Hall–Kier alpha value is -3.09. The van der Waals surface area contributed by atoms with Crippen molar-refractivity contribution in [1.82, 2.24) is 9.97 Å². The number of amides is 1. The van der Waals surface area contributed by atoms with Crippen molar-refractivity contribution in [3.05, 3.63) is 52.3 Å². The molecule has 1 amide bonds. The highest BCUT2D eigenvalue weighted by atomic mass is 16.4. The molecule has 1 aliphatic carbocycles. The van der Waals surface area contributed by atoms with Crippen LogP contribution in [0.25, 0.3) is 0 Å². The fourth-order valence-electron chi connectivity index (χ4n) is 3.06. The van der Waals surface area contributed by atoms with Crippen LogP contribution in [-0.2, 0) is 6.42 Å². The van der Waals surface area contributed by atoms with Gasteiger partial charge < -0.3 is 5.11 Å². The molecule has 0 bridgehead atoms. The van der Waals surface area contributed by atoms with Crippen LogP contribution in [-0.4, -0.2) is 32.7 Å². The number of hydrogen-bond acceptors (Lipinski definition) is 5. The topological polar surface area (TPSA) is 109 Å². The Balaban J connectivity index is 1.93. The van der Waals surface area contributed by atoms with Crippen LogP contribution in [0, 0.1) is 12.8 Å². The molecule has 0 spiro atoms. The lowest BCUT2D eigenvalue weighted by molar-refractivity contribution is 0.0692. The van der Waals surface area contributed by atoms with Crippen molar-refractivity contribution >= 4 is 23.6 Å². The SMILES string of the molecule is Cc1nc(NC(=O)c2ccccc2C(=O)O)nc2c1C(=O)C[C@H](C)C2. The number of rotatable bonds is 3. The minimum Gasteiger partial charge on any atom is -0.478 e. The molecule has 1 atom stereocenters. The largest absolute Gasteiger partial charge is 0.478 e. The van der Waals surface area contributed by atoms with Crippen molar-refractivity contribution < 1.29 is 19.5 Å². The Morgan fingerprint density at radius 1 is 1.16 bits per heavy atom. The number of carboxylic acids is 1. The molecule has 0 saturated heterocycles. The summed E-state index contributed by atoms with van der Waals surface area (Å²) in [6.45, 7) is 3.68. The first kappa shape index (κ1) is 16.8. The molecular formula is C18H17N3O4. The van der Waals surface area contributed by atoms with Gasteiger partial charge in [-0.25, -0.2) is 14.8 Å². The zero-order valence-electron chi connectivity index (χ0n) is 13.9. The highest BCUT2D eigenvalue weighted by Gasteiger charge is 2.27. The summed E-state index contributed by atoms with van der Waals surface area (Å²) in [5.74, 6) is -1.52. The molecule has 1 aromatic heterocycles. The van der Waals surface area contributed by atoms with Crippen LogP contribution in [0.1, 0.15) is 55.8 Å². The van der Waals surface area contributed by atoms with E-state index in [2.05, 4.69) is 15.3 Å². The number of carbonyl (C=O) groups excluding carboxylic acids is 2. The van der Waals surface area contributed by atoms with E-state index in [1.807, 2.05) is 6.92 Å². The number of ketones is 1. The summed E-state index contributed by atoms with van der Waals surface area (Å²) in [5, 5.41) is 11.7. The number of nitrogens with zero attached hydrogens (tertiary/aromatic N) is 2. The van der Waals surface area contributed by atoms with Crippen LogP contribution < -0.4 is 5.32 Å². The van der Waals surface area contributed by atoms with Gasteiger partial charge in [0.15, 0.2) is 5.78 Å². The van der Waals surface area contributed by atoms with Crippen LogP contribution in [0.2, 0.25) is 0 Å². The zero-order valence-corrected chi connectivity index (χ0v) is 13.9. The van der Waals surface area contributed by atoms with Gasteiger partial charge in [-0.15, -0.1) is 0 Å². The van der Waals surface area contributed by atoms with Gasteiger partial charge in [0.2, 0.25) is 5.95 Å². The third-order valence-electron chi connectivity index (χ3n) is 4.15. The third kappa shape index (κ3) is 3.26. The number of hydrogen-bond donors (Lipinski definition) is 2. The molecule has 3 rings (SSSR count). The first-order valence-corrected chi connectivity index (χ1v) is 7.91. The van der Waals surface area contributed by atoms with Crippen LogP contribution in [0.4, 0.5) is 5.95 Å². The number of nitrogens with one attached hydrogen (secondary N) is 1. The summed E-state index contributed by atoms with van der Waals surface area (Å²) < 4.78 is 0. The number of aromatic carboxylic acids is 1. The first-order chi connectivity index (χ1) is 11.9. The molecule has 1 aliphatic rings. The van der Waals surface area contributed by atoms with Crippen molar-refractivity contribution in [2.75, 3.05) is 5.32 Å². The summed E-state index contributed by atoms with van der Waals surface area (Å²) >= 11 is 0. The lowest BCUT2D eigenvalue weighted by Crippen LogP contribution is -2.24. The van der Waals surface area contributed by atoms with Gasteiger partial charge in [-0.3, -0.25) is 14.9 Å². The molecule has 7 nitrogen and oxygen atoms in total. The maximum absolute atomic E-state index is 12.4. The normalized spacial score (nSPS) is 16.2. The summed E-state index contributed by atoms with van der Waals surface area (Å²) in [7, 11) is 0. The summed E-state index contributed by atoms with van der Waals surface area (Å²) in [4.78, 5) is 44.3. The molecule has 2 N–H and O–H groups in total. The van der Waals surface area contributed by atoms with Crippen molar-refractivity contribution in [2.45, 2.75) is 26.7 Å². The van der Waals surface area contributed by atoms with Gasteiger partial charge in [-0.2, -0.15) is 0 Å². The van der Waals surface area contributed by atoms with Crippen LogP contribution in [0.3, 0.4) is 0 Å². The molecule has 0 unspecified atom stereocenters. The summed E-state index contributed by atoms with van der Waals surface area (Å²) in [5.41, 5.74) is 1.60. The average molecular weight is 339 g/mol. The smallest absolute Gasteiger partial charge is 0.336 e. The van der Waals surface area contributed by atoms with Gasteiger partial charge in [0, 0.05) is 6.42 Å². The number of Topliss-reactive ketones (excluding diaryl/α,β-unsaturated/α-hetero) is 1. The monoisotopic (exact) mass is 339 g/mol. The van der Waals surface area contributed by atoms with Crippen molar-refractivity contribution in [2.24, 2.45) is 5.92 Å². The van der Waals surface area contributed by atoms with Gasteiger partial charge in [0.1, 0.15) is 0 Å². The van der Waals surface area contributed by atoms with E-state index in [0.29, 0.717) is 29.8 Å². The average Bonchev–Trinajstić information content (AvgIpc) is 2.53. The Bertz CT molecular complexity index is 892. The Kier molecular flexibility index (Phi) is 4.31. The molecule has 2 aromatic rings. The van der Waals surface area contributed by atoms with E-state index < -0.39 is 11.9 Å². The second-order valence-corrected chi connectivity index (χ2v) is 6.20. The predicted molar refractivity (Wildman–Crippen MR) is 89.9 cm³/mol. The fraction of sp³-hybridized carbons (Fsp3) is 0.278. The van der Waals surface area contributed by atoms with Crippen molar-refractivity contribution in [3.63, 3.8) is 0 Å². The fourth-order valence-corrected chi connectivity index (χ4v) is 3.06. The number of carbonyl (C=O) groups is 3. The third-order valence-corrected chi connectivity index (χ3v) is 4.15. The second-order valence-electron chi connectivity index (χ2n) is 6.20. The maximum Gasteiger partial charge on any atom is 0.336 e. The summed E-state index contributed by atoms with van der Waals surface area (Å²) in [6.07, 6.45) is 1.11.